The van der Waals surface area contributed by atoms with Crippen LogP contribution in [0.15, 0.2) is 12.4 Å². The molecular formula is C9H15N3O2. The molecule has 5 nitrogen and oxygen atoms in total. The lowest BCUT2D eigenvalue weighted by atomic mass is 10.3. The molecular weight excluding hydrogens is 182 g/mol. The van der Waals surface area contributed by atoms with Gasteiger partial charge in [0.1, 0.15) is 0 Å². The minimum Gasteiger partial charge on any atom is -0.379 e. The number of nitrogens with two attached hydrogens (primary N) is 1. The maximum Gasteiger partial charge on any atom is 0.200 e. The zero-order valence-corrected chi connectivity index (χ0v) is 8.06. The molecule has 0 saturated carbocycles. The summed E-state index contributed by atoms with van der Waals surface area (Å²) in [7, 11) is 0. The van der Waals surface area contributed by atoms with E-state index in [1.165, 1.54) is 0 Å². The smallest absolute Gasteiger partial charge is 0.200 e. The maximum absolute atomic E-state index is 5.61. The Labute approximate surface area is 82.8 Å². The fourth-order valence-corrected chi connectivity index (χ4v) is 1.49. The van der Waals surface area contributed by atoms with Gasteiger partial charge < -0.3 is 19.8 Å². The first-order valence-corrected chi connectivity index (χ1v) is 4.82. The number of anilines is 1. The first kappa shape index (κ1) is 9.48. The van der Waals surface area contributed by atoms with Gasteiger partial charge in [-0.1, -0.05) is 0 Å². The van der Waals surface area contributed by atoms with Gasteiger partial charge in [0.25, 0.3) is 0 Å². The van der Waals surface area contributed by atoms with Crippen LogP contribution < -0.4 is 5.73 Å². The Kier molecular flexibility index (Phi) is 3.00. The van der Waals surface area contributed by atoms with Crippen molar-refractivity contribution in [3.05, 3.63) is 12.4 Å². The number of hydrogen-bond acceptors (Lipinski definition) is 4. The lowest BCUT2D eigenvalue weighted by molar-refractivity contribution is 0.0386. The lowest BCUT2D eigenvalue weighted by Crippen LogP contribution is -2.16. The fourth-order valence-electron chi connectivity index (χ4n) is 1.49. The number of aromatic nitrogens is 2. The third-order valence-electron chi connectivity index (χ3n) is 2.32. The van der Waals surface area contributed by atoms with E-state index in [1.54, 1.807) is 6.20 Å². The second-order valence-corrected chi connectivity index (χ2v) is 3.34. The fraction of sp³-hybridized carbons (Fsp3) is 0.667. The van der Waals surface area contributed by atoms with Crippen molar-refractivity contribution in [2.75, 3.05) is 25.6 Å². The molecule has 2 N–H and O–H groups in total. The highest BCUT2D eigenvalue weighted by Crippen LogP contribution is 2.08. The summed E-state index contributed by atoms with van der Waals surface area (Å²) >= 11 is 0. The number of nitrogen functional groups attached to an aromatic ring is 1. The normalized spacial score (nSPS) is 21.6. The van der Waals surface area contributed by atoms with Crippen molar-refractivity contribution in [3.8, 4) is 0 Å². The maximum atomic E-state index is 5.61. The molecule has 2 heterocycles. The summed E-state index contributed by atoms with van der Waals surface area (Å²) in [6, 6.07) is 0. The van der Waals surface area contributed by atoms with Gasteiger partial charge in [-0.2, -0.15) is 0 Å². The van der Waals surface area contributed by atoms with Crippen molar-refractivity contribution in [1.82, 2.24) is 9.55 Å². The monoisotopic (exact) mass is 197 g/mol. The number of imidazole rings is 1. The van der Waals surface area contributed by atoms with Gasteiger partial charge in [-0.3, -0.25) is 0 Å². The van der Waals surface area contributed by atoms with E-state index in [4.69, 9.17) is 15.2 Å². The molecule has 1 atom stereocenters. The molecule has 1 aliphatic heterocycles. The Morgan fingerprint density at radius 1 is 1.71 bits per heavy atom. The van der Waals surface area contributed by atoms with Crippen LogP contribution in [0.4, 0.5) is 5.95 Å². The van der Waals surface area contributed by atoms with E-state index in [-0.39, 0.29) is 6.10 Å². The molecule has 0 amide bonds. The van der Waals surface area contributed by atoms with Crippen LogP contribution in [0, 0.1) is 0 Å². The summed E-state index contributed by atoms with van der Waals surface area (Å²) in [6.45, 7) is 2.95. The van der Waals surface area contributed by atoms with Gasteiger partial charge in [-0.05, 0) is 6.42 Å². The molecule has 1 fully saturated rings. The Hall–Kier alpha value is -1.07. The van der Waals surface area contributed by atoms with Gasteiger partial charge in [0, 0.05) is 25.5 Å². The molecule has 0 bridgehead atoms. The van der Waals surface area contributed by atoms with Crippen molar-refractivity contribution >= 4 is 5.95 Å². The average molecular weight is 197 g/mol. The van der Waals surface area contributed by atoms with Crippen LogP contribution >= 0.6 is 0 Å². The number of hydrogen-bond donors (Lipinski definition) is 1. The topological polar surface area (TPSA) is 62.3 Å². The lowest BCUT2D eigenvalue weighted by Gasteiger charge is -2.10. The summed E-state index contributed by atoms with van der Waals surface area (Å²) in [5, 5.41) is 0. The number of ether oxygens (including phenoxy) is 2. The third kappa shape index (κ3) is 2.24. The predicted molar refractivity (Wildman–Crippen MR) is 51.8 cm³/mol. The second-order valence-electron chi connectivity index (χ2n) is 3.34. The van der Waals surface area contributed by atoms with Gasteiger partial charge in [0.05, 0.1) is 19.3 Å². The molecule has 1 aliphatic rings. The summed E-state index contributed by atoms with van der Waals surface area (Å²) in [5.74, 6) is 0.538. The first-order chi connectivity index (χ1) is 6.86. The van der Waals surface area contributed by atoms with Crippen LogP contribution in [0.1, 0.15) is 6.42 Å². The largest absolute Gasteiger partial charge is 0.379 e. The number of rotatable bonds is 4. The summed E-state index contributed by atoms with van der Waals surface area (Å²) in [6.07, 6.45) is 4.80. The average Bonchev–Trinajstić information content (AvgIpc) is 2.78. The highest BCUT2D eigenvalue weighted by molar-refractivity contribution is 5.16. The summed E-state index contributed by atoms with van der Waals surface area (Å²) in [5.41, 5.74) is 5.61. The van der Waals surface area contributed by atoms with Crippen molar-refractivity contribution < 1.29 is 9.47 Å². The molecule has 1 saturated heterocycles. The zero-order valence-electron chi connectivity index (χ0n) is 8.06. The van der Waals surface area contributed by atoms with E-state index in [0.29, 0.717) is 12.6 Å². The van der Waals surface area contributed by atoms with Crippen molar-refractivity contribution in [3.63, 3.8) is 0 Å². The molecule has 0 spiro atoms. The highest BCUT2D eigenvalue weighted by Gasteiger charge is 2.15. The van der Waals surface area contributed by atoms with E-state index >= 15 is 0 Å². The van der Waals surface area contributed by atoms with Crippen molar-refractivity contribution in [1.29, 1.82) is 0 Å². The van der Waals surface area contributed by atoms with Gasteiger partial charge >= 0.3 is 0 Å². The van der Waals surface area contributed by atoms with Crippen LogP contribution in [0.3, 0.4) is 0 Å². The molecule has 0 aliphatic carbocycles. The van der Waals surface area contributed by atoms with E-state index in [2.05, 4.69) is 4.98 Å². The Morgan fingerprint density at radius 2 is 2.64 bits per heavy atom. The Morgan fingerprint density at radius 3 is 3.29 bits per heavy atom. The van der Waals surface area contributed by atoms with E-state index in [0.717, 1.165) is 26.2 Å². The molecule has 5 heteroatoms. The van der Waals surface area contributed by atoms with Gasteiger partial charge in [-0.25, -0.2) is 4.98 Å². The summed E-state index contributed by atoms with van der Waals surface area (Å²) < 4.78 is 12.7. The Balaban J connectivity index is 1.70. The third-order valence-corrected chi connectivity index (χ3v) is 2.32. The van der Waals surface area contributed by atoms with E-state index in [1.807, 2.05) is 10.8 Å². The standard InChI is InChI=1S/C9H15N3O2/c10-9-11-2-3-12(9)4-6-14-8-1-5-13-7-8/h2-3,8H,1,4-7H2,(H2,10,11). The van der Waals surface area contributed by atoms with Gasteiger partial charge in [-0.15, -0.1) is 0 Å². The second kappa shape index (κ2) is 4.43. The first-order valence-electron chi connectivity index (χ1n) is 4.82. The minimum atomic E-state index is 0.264. The van der Waals surface area contributed by atoms with E-state index in [9.17, 15) is 0 Å². The summed E-state index contributed by atoms with van der Waals surface area (Å²) in [4.78, 5) is 3.93. The molecule has 0 radical (unpaired) electrons. The quantitative estimate of drug-likeness (QED) is 0.752. The van der Waals surface area contributed by atoms with Crippen LogP contribution in [0.25, 0.3) is 0 Å². The minimum absolute atomic E-state index is 0.264. The molecule has 2 rings (SSSR count). The van der Waals surface area contributed by atoms with Crippen LogP contribution in [0.5, 0.6) is 0 Å². The molecule has 1 unspecified atom stereocenters. The van der Waals surface area contributed by atoms with Gasteiger partial charge in [0.15, 0.2) is 5.95 Å². The SMILES string of the molecule is Nc1nccn1CCOC1CCOC1. The molecule has 1 aromatic heterocycles. The van der Waals surface area contributed by atoms with E-state index < -0.39 is 0 Å². The Bertz CT molecular complexity index is 281. The highest BCUT2D eigenvalue weighted by atomic mass is 16.5. The predicted octanol–water partition coefficient (Wildman–Crippen LogP) is 0.271. The van der Waals surface area contributed by atoms with Crippen LogP contribution in [0.2, 0.25) is 0 Å². The van der Waals surface area contributed by atoms with Gasteiger partial charge in [0.2, 0.25) is 0 Å². The number of nitrogens with zero attached hydrogens (tertiary/aromatic N) is 2. The molecule has 14 heavy (non-hydrogen) atoms. The van der Waals surface area contributed by atoms with Crippen molar-refractivity contribution in [2.24, 2.45) is 0 Å². The van der Waals surface area contributed by atoms with Crippen LogP contribution in [-0.2, 0) is 16.0 Å². The van der Waals surface area contributed by atoms with Crippen LogP contribution in [-0.4, -0.2) is 35.5 Å². The molecule has 0 aromatic carbocycles. The molecule has 1 aromatic rings. The van der Waals surface area contributed by atoms with Crippen molar-refractivity contribution in [2.45, 2.75) is 19.1 Å². The molecule has 78 valence electrons. The zero-order chi connectivity index (χ0) is 9.80.